The zero-order chi connectivity index (χ0) is 14.3. The van der Waals surface area contributed by atoms with Crippen molar-refractivity contribution < 1.29 is 18.7 Å². The monoisotopic (exact) mass is 268 g/mol. The number of hydrogen-bond acceptors (Lipinski definition) is 3. The third-order valence-electron chi connectivity index (χ3n) is 2.46. The summed E-state index contributed by atoms with van der Waals surface area (Å²) in [7, 11) is 2.98. The quantitative estimate of drug-likeness (QED) is 0.771. The highest BCUT2D eigenvalue weighted by atomic mass is 19.1. The molecule has 0 unspecified atom stereocenters. The normalized spacial score (nSPS) is 10.1. The number of benzene rings is 1. The van der Waals surface area contributed by atoms with Gasteiger partial charge in [-0.2, -0.15) is 0 Å². The lowest BCUT2D eigenvalue weighted by atomic mass is 10.2. The Hall–Kier alpha value is -1.95. The molecular weight excluding hydrogens is 251 g/mol. The maximum Gasteiger partial charge on any atom is 0.257 e. The summed E-state index contributed by atoms with van der Waals surface area (Å²) in [6.07, 6.45) is 0. The van der Waals surface area contributed by atoms with E-state index in [2.05, 4.69) is 5.32 Å². The molecule has 2 amide bonds. The van der Waals surface area contributed by atoms with E-state index in [1.54, 1.807) is 6.07 Å². The second kappa shape index (κ2) is 7.48. The number of likely N-dealkylation sites (N-methyl/N-ethyl adjacent to an activating group) is 1. The van der Waals surface area contributed by atoms with E-state index in [0.29, 0.717) is 13.2 Å². The van der Waals surface area contributed by atoms with Crippen LogP contribution in [0, 0.1) is 5.82 Å². The highest BCUT2D eigenvalue weighted by Gasteiger charge is 2.17. The van der Waals surface area contributed by atoms with E-state index < -0.39 is 11.7 Å². The van der Waals surface area contributed by atoms with Crippen LogP contribution in [-0.2, 0) is 9.53 Å². The van der Waals surface area contributed by atoms with Gasteiger partial charge in [0.15, 0.2) is 0 Å². The molecule has 1 aromatic rings. The summed E-state index contributed by atoms with van der Waals surface area (Å²) in [6.45, 7) is 0.644. The molecule has 0 aromatic heterocycles. The first-order chi connectivity index (χ1) is 9.06. The van der Waals surface area contributed by atoms with Gasteiger partial charge in [0.1, 0.15) is 5.82 Å². The number of halogens is 1. The van der Waals surface area contributed by atoms with Crippen LogP contribution in [0.15, 0.2) is 24.3 Å². The number of nitrogens with one attached hydrogen (secondary N) is 1. The van der Waals surface area contributed by atoms with Crippen LogP contribution >= 0.6 is 0 Å². The van der Waals surface area contributed by atoms with Gasteiger partial charge < -0.3 is 15.0 Å². The predicted molar refractivity (Wildman–Crippen MR) is 68.2 cm³/mol. The Bertz CT molecular complexity index is 451. The van der Waals surface area contributed by atoms with E-state index in [1.807, 2.05) is 0 Å². The fraction of sp³-hybridized carbons (Fsp3) is 0.385. The first kappa shape index (κ1) is 15.1. The number of amides is 2. The molecule has 0 radical (unpaired) electrons. The summed E-state index contributed by atoms with van der Waals surface area (Å²) >= 11 is 0. The maximum absolute atomic E-state index is 13.4. The molecule has 1 aromatic carbocycles. The van der Waals surface area contributed by atoms with E-state index in [4.69, 9.17) is 4.74 Å². The molecule has 0 saturated carbocycles. The number of hydrogen-bond donors (Lipinski definition) is 1. The largest absolute Gasteiger partial charge is 0.383 e. The Morgan fingerprint density at radius 1 is 1.37 bits per heavy atom. The zero-order valence-electron chi connectivity index (χ0n) is 11.0. The third-order valence-corrected chi connectivity index (χ3v) is 2.46. The van der Waals surface area contributed by atoms with Crippen molar-refractivity contribution in [3.8, 4) is 0 Å². The summed E-state index contributed by atoms with van der Waals surface area (Å²) in [5, 5.41) is 2.58. The molecule has 0 aliphatic carbocycles. The Balaban J connectivity index is 2.54. The summed E-state index contributed by atoms with van der Waals surface area (Å²) < 4.78 is 18.2. The van der Waals surface area contributed by atoms with Gasteiger partial charge in [-0.3, -0.25) is 9.59 Å². The number of carbonyl (C=O) groups is 2. The number of rotatable bonds is 6. The lowest BCUT2D eigenvalue weighted by Gasteiger charge is -2.17. The summed E-state index contributed by atoms with van der Waals surface area (Å²) in [5.74, 6) is -1.44. The minimum Gasteiger partial charge on any atom is -0.383 e. The average Bonchev–Trinajstić information content (AvgIpc) is 2.38. The molecule has 104 valence electrons. The van der Waals surface area contributed by atoms with E-state index in [0.717, 1.165) is 0 Å². The van der Waals surface area contributed by atoms with Crippen molar-refractivity contribution in [3.05, 3.63) is 35.6 Å². The van der Waals surface area contributed by atoms with Crippen molar-refractivity contribution in [1.82, 2.24) is 10.2 Å². The van der Waals surface area contributed by atoms with E-state index in [9.17, 15) is 14.0 Å². The van der Waals surface area contributed by atoms with Gasteiger partial charge >= 0.3 is 0 Å². The second-order valence-electron chi connectivity index (χ2n) is 3.98. The molecule has 0 saturated heterocycles. The van der Waals surface area contributed by atoms with Crippen LogP contribution in [0.1, 0.15) is 10.4 Å². The molecule has 0 aliphatic rings. The van der Waals surface area contributed by atoms with E-state index >= 15 is 0 Å². The number of methoxy groups -OCH3 is 1. The number of nitrogens with zero attached hydrogens (tertiary/aromatic N) is 1. The van der Waals surface area contributed by atoms with Gasteiger partial charge in [-0.25, -0.2) is 4.39 Å². The molecule has 6 heteroatoms. The van der Waals surface area contributed by atoms with Crippen LogP contribution in [0.5, 0.6) is 0 Å². The first-order valence-electron chi connectivity index (χ1n) is 5.82. The lowest BCUT2D eigenvalue weighted by molar-refractivity contribution is -0.121. The standard InChI is InChI=1S/C13H17FN2O3/c1-16(9-12(17)15-7-8-19-2)13(18)10-5-3-4-6-11(10)14/h3-6H,7-9H2,1-2H3,(H,15,17). The van der Waals surface area contributed by atoms with Crippen molar-refractivity contribution in [1.29, 1.82) is 0 Å². The predicted octanol–water partition coefficient (Wildman–Crippen LogP) is 0.660. The Morgan fingerprint density at radius 2 is 2.05 bits per heavy atom. The van der Waals surface area contributed by atoms with Gasteiger partial charge in [0.25, 0.3) is 5.91 Å². The van der Waals surface area contributed by atoms with Gasteiger partial charge in [0, 0.05) is 20.7 Å². The summed E-state index contributed by atoms with van der Waals surface area (Å²) in [5.41, 5.74) is -0.0466. The number of ether oxygens (including phenoxy) is 1. The van der Waals surface area contributed by atoms with Crippen LogP contribution in [0.3, 0.4) is 0 Å². The summed E-state index contributed by atoms with van der Waals surface area (Å²) in [4.78, 5) is 24.6. The van der Waals surface area contributed by atoms with Gasteiger partial charge in [-0.1, -0.05) is 12.1 Å². The van der Waals surface area contributed by atoms with E-state index in [-0.39, 0.29) is 18.0 Å². The SMILES string of the molecule is COCCNC(=O)CN(C)C(=O)c1ccccc1F. The first-order valence-corrected chi connectivity index (χ1v) is 5.82. The lowest BCUT2D eigenvalue weighted by Crippen LogP contribution is -2.39. The van der Waals surface area contributed by atoms with Crippen LogP contribution in [0.25, 0.3) is 0 Å². The van der Waals surface area contributed by atoms with Crippen LogP contribution in [0.4, 0.5) is 4.39 Å². The van der Waals surface area contributed by atoms with Gasteiger partial charge in [0.05, 0.1) is 18.7 Å². The van der Waals surface area contributed by atoms with Gasteiger partial charge in [-0.05, 0) is 12.1 Å². The third kappa shape index (κ3) is 4.67. The highest BCUT2D eigenvalue weighted by Crippen LogP contribution is 2.08. The highest BCUT2D eigenvalue weighted by molar-refractivity contribution is 5.96. The van der Waals surface area contributed by atoms with Crippen molar-refractivity contribution in [2.24, 2.45) is 0 Å². The Morgan fingerprint density at radius 3 is 2.68 bits per heavy atom. The fourth-order valence-corrected chi connectivity index (χ4v) is 1.48. The van der Waals surface area contributed by atoms with Crippen LogP contribution < -0.4 is 5.32 Å². The fourth-order valence-electron chi connectivity index (χ4n) is 1.48. The Kier molecular flexibility index (Phi) is 5.95. The van der Waals surface area contributed by atoms with Crippen LogP contribution in [-0.4, -0.2) is 50.6 Å². The van der Waals surface area contributed by atoms with Crippen molar-refractivity contribution in [2.75, 3.05) is 33.9 Å². The van der Waals surface area contributed by atoms with Crippen LogP contribution in [0.2, 0.25) is 0 Å². The molecule has 0 spiro atoms. The molecule has 0 heterocycles. The molecule has 1 N–H and O–H groups in total. The number of carbonyl (C=O) groups excluding carboxylic acids is 2. The molecule has 19 heavy (non-hydrogen) atoms. The van der Waals surface area contributed by atoms with Crippen molar-refractivity contribution >= 4 is 11.8 Å². The van der Waals surface area contributed by atoms with Crippen molar-refractivity contribution in [3.63, 3.8) is 0 Å². The van der Waals surface area contributed by atoms with Gasteiger partial charge in [-0.15, -0.1) is 0 Å². The second-order valence-corrected chi connectivity index (χ2v) is 3.98. The topological polar surface area (TPSA) is 58.6 Å². The molecule has 1 rings (SSSR count). The molecule has 0 bridgehead atoms. The minimum absolute atomic E-state index is 0.0466. The van der Waals surface area contributed by atoms with E-state index in [1.165, 1.54) is 37.3 Å². The molecular formula is C13H17FN2O3. The maximum atomic E-state index is 13.4. The Labute approximate surface area is 111 Å². The van der Waals surface area contributed by atoms with Crippen molar-refractivity contribution in [2.45, 2.75) is 0 Å². The minimum atomic E-state index is -0.598. The molecule has 5 nitrogen and oxygen atoms in total. The molecule has 0 atom stereocenters. The zero-order valence-corrected chi connectivity index (χ0v) is 11.0. The smallest absolute Gasteiger partial charge is 0.257 e. The summed E-state index contributed by atoms with van der Waals surface area (Å²) in [6, 6.07) is 5.67. The molecule has 0 fully saturated rings. The average molecular weight is 268 g/mol. The van der Waals surface area contributed by atoms with Gasteiger partial charge in [0.2, 0.25) is 5.91 Å². The molecule has 0 aliphatic heterocycles.